The Kier molecular flexibility index (Phi) is 4.63. The Labute approximate surface area is 118 Å². The molecule has 0 atom stereocenters. The Bertz CT molecular complexity index is 602. The zero-order valence-corrected chi connectivity index (χ0v) is 11.9. The number of hydrogen-bond donors (Lipinski definition) is 1. The van der Waals surface area contributed by atoms with Crippen molar-refractivity contribution in [2.45, 2.75) is 27.3 Å². The second kappa shape index (κ2) is 6.43. The molecule has 0 fully saturated rings. The molecule has 4 nitrogen and oxygen atoms in total. The van der Waals surface area contributed by atoms with Gasteiger partial charge in [-0.3, -0.25) is 0 Å². The molecule has 0 bridgehead atoms. The summed E-state index contributed by atoms with van der Waals surface area (Å²) in [5, 5.41) is 3.22. The lowest BCUT2D eigenvalue weighted by molar-refractivity contribution is 0.435. The molecule has 1 N–H and O–H groups in total. The fraction of sp³-hybridized carbons (Fsp3) is 0.333. The Morgan fingerprint density at radius 1 is 1.30 bits per heavy atom. The fourth-order valence-corrected chi connectivity index (χ4v) is 1.70. The minimum atomic E-state index is -0.303. The van der Waals surface area contributed by atoms with Crippen LogP contribution in [0, 0.1) is 19.7 Å². The molecule has 0 amide bonds. The summed E-state index contributed by atoms with van der Waals surface area (Å²) in [5.74, 6) is 0.0925. The fourth-order valence-electron chi connectivity index (χ4n) is 1.70. The van der Waals surface area contributed by atoms with Gasteiger partial charge in [0.15, 0.2) is 0 Å². The molecule has 0 saturated carbocycles. The van der Waals surface area contributed by atoms with Crippen molar-refractivity contribution >= 4 is 0 Å². The Morgan fingerprint density at radius 3 is 2.75 bits per heavy atom. The van der Waals surface area contributed by atoms with Crippen molar-refractivity contribution in [1.82, 2.24) is 15.3 Å². The van der Waals surface area contributed by atoms with Crippen molar-refractivity contribution in [1.29, 1.82) is 0 Å². The van der Waals surface area contributed by atoms with Gasteiger partial charge < -0.3 is 10.1 Å². The quantitative estimate of drug-likeness (QED) is 0.910. The summed E-state index contributed by atoms with van der Waals surface area (Å²) in [5.41, 5.74) is 2.45. The Hall–Kier alpha value is -2.01. The van der Waals surface area contributed by atoms with E-state index in [4.69, 9.17) is 4.74 Å². The molecule has 1 heterocycles. The van der Waals surface area contributed by atoms with Crippen molar-refractivity contribution in [3.05, 3.63) is 47.0 Å². The zero-order valence-electron chi connectivity index (χ0n) is 11.9. The summed E-state index contributed by atoms with van der Waals surface area (Å²) in [4.78, 5) is 8.42. The molecule has 20 heavy (non-hydrogen) atoms. The van der Waals surface area contributed by atoms with Crippen LogP contribution in [-0.2, 0) is 6.54 Å². The number of hydrogen-bond acceptors (Lipinski definition) is 4. The number of aryl methyl sites for hydroxylation is 2. The van der Waals surface area contributed by atoms with Gasteiger partial charge in [-0.05, 0) is 32.0 Å². The summed E-state index contributed by atoms with van der Waals surface area (Å²) in [7, 11) is 0. The molecule has 0 saturated heterocycles. The van der Waals surface area contributed by atoms with Crippen LogP contribution in [0.1, 0.15) is 23.7 Å². The van der Waals surface area contributed by atoms with E-state index in [9.17, 15) is 4.39 Å². The van der Waals surface area contributed by atoms with Gasteiger partial charge in [-0.15, -0.1) is 0 Å². The van der Waals surface area contributed by atoms with E-state index >= 15 is 0 Å². The second-order valence-corrected chi connectivity index (χ2v) is 4.56. The second-order valence-electron chi connectivity index (χ2n) is 4.56. The molecule has 106 valence electrons. The number of ether oxygens (including phenoxy) is 1. The highest BCUT2D eigenvalue weighted by molar-refractivity contribution is 5.30. The number of nitrogens with zero attached hydrogens (tertiary/aromatic N) is 2. The minimum absolute atomic E-state index is 0.228. The Balaban J connectivity index is 2.13. The molecule has 0 spiro atoms. The van der Waals surface area contributed by atoms with E-state index in [0.29, 0.717) is 11.3 Å². The van der Waals surface area contributed by atoms with Crippen LogP contribution in [0.5, 0.6) is 11.8 Å². The van der Waals surface area contributed by atoms with Crippen molar-refractivity contribution in [2.24, 2.45) is 0 Å². The zero-order chi connectivity index (χ0) is 14.5. The monoisotopic (exact) mass is 275 g/mol. The predicted molar refractivity (Wildman–Crippen MR) is 75.4 cm³/mol. The highest BCUT2D eigenvalue weighted by atomic mass is 19.1. The molecule has 0 aliphatic carbocycles. The first-order valence-corrected chi connectivity index (χ1v) is 6.57. The lowest BCUT2D eigenvalue weighted by Crippen LogP contribution is -2.13. The molecule has 0 aliphatic heterocycles. The van der Waals surface area contributed by atoms with Crippen LogP contribution >= 0.6 is 0 Å². The number of halogens is 1. The van der Waals surface area contributed by atoms with Crippen LogP contribution in [-0.4, -0.2) is 16.5 Å². The van der Waals surface area contributed by atoms with Gasteiger partial charge in [0.25, 0.3) is 0 Å². The van der Waals surface area contributed by atoms with Crippen LogP contribution in [0.25, 0.3) is 0 Å². The van der Waals surface area contributed by atoms with Gasteiger partial charge in [-0.2, -0.15) is 4.98 Å². The van der Waals surface area contributed by atoms with Crippen LogP contribution < -0.4 is 10.1 Å². The normalized spacial score (nSPS) is 10.6. The van der Waals surface area contributed by atoms with Gasteiger partial charge >= 0.3 is 6.01 Å². The van der Waals surface area contributed by atoms with E-state index < -0.39 is 0 Å². The highest BCUT2D eigenvalue weighted by Gasteiger charge is 2.06. The van der Waals surface area contributed by atoms with Crippen molar-refractivity contribution in [2.75, 3.05) is 6.54 Å². The van der Waals surface area contributed by atoms with E-state index in [0.717, 1.165) is 24.3 Å². The van der Waals surface area contributed by atoms with Crippen molar-refractivity contribution in [3.63, 3.8) is 0 Å². The first kappa shape index (κ1) is 14.4. The van der Waals surface area contributed by atoms with Crippen LogP contribution in [0.15, 0.2) is 24.4 Å². The molecule has 0 radical (unpaired) electrons. The summed E-state index contributed by atoms with van der Waals surface area (Å²) in [6.07, 6.45) is 1.73. The molecule has 1 aromatic carbocycles. The van der Waals surface area contributed by atoms with E-state index in [1.807, 2.05) is 13.8 Å². The van der Waals surface area contributed by atoms with Crippen LogP contribution in [0.4, 0.5) is 4.39 Å². The van der Waals surface area contributed by atoms with Gasteiger partial charge in [0, 0.05) is 30.1 Å². The third-order valence-corrected chi connectivity index (χ3v) is 2.98. The molecular formula is C15H18FN3O. The molecule has 2 aromatic rings. The first-order chi connectivity index (χ1) is 9.60. The maximum atomic E-state index is 13.4. The maximum absolute atomic E-state index is 13.4. The van der Waals surface area contributed by atoms with Gasteiger partial charge in [-0.1, -0.05) is 13.0 Å². The van der Waals surface area contributed by atoms with E-state index in [-0.39, 0.29) is 11.8 Å². The largest absolute Gasteiger partial charge is 0.424 e. The summed E-state index contributed by atoms with van der Waals surface area (Å²) in [6, 6.07) is 4.92. The third-order valence-electron chi connectivity index (χ3n) is 2.98. The predicted octanol–water partition coefficient (Wildman–Crippen LogP) is 3.13. The summed E-state index contributed by atoms with van der Waals surface area (Å²) < 4.78 is 18.9. The first-order valence-electron chi connectivity index (χ1n) is 6.57. The van der Waals surface area contributed by atoms with Gasteiger partial charge in [0.2, 0.25) is 0 Å². The molecule has 1 aromatic heterocycles. The van der Waals surface area contributed by atoms with E-state index in [2.05, 4.69) is 15.3 Å². The topological polar surface area (TPSA) is 47.0 Å². The average Bonchev–Trinajstić information content (AvgIpc) is 2.42. The van der Waals surface area contributed by atoms with Gasteiger partial charge in [0.05, 0.1) is 0 Å². The highest BCUT2D eigenvalue weighted by Crippen LogP contribution is 2.21. The number of rotatable bonds is 5. The third kappa shape index (κ3) is 3.51. The maximum Gasteiger partial charge on any atom is 0.322 e. The molecule has 0 aliphatic rings. The van der Waals surface area contributed by atoms with Crippen molar-refractivity contribution < 1.29 is 9.13 Å². The number of benzene rings is 1. The molecular weight excluding hydrogens is 257 g/mol. The summed E-state index contributed by atoms with van der Waals surface area (Å²) in [6.45, 7) is 7.26. The minimum Gasteiger partial charge on any atom is -0.424 e. The smallest absolute Gasteiger partial charge is 0.322 e. The lowest BCUT2D eigenvalue weighted by atomic mass is 10.2. The van der Waals surface area contributed by atoms with Crippen LogP contribution in [0.2, 0.25) is 0 Å². The van der Waals surface area contributed by atoms with Crippen LogP contribution in [0.3, 0.4) is 0 Å². The summed E-state index contributed by atoms with van der Waals surface area (Å²) >= 11 is 0. The molecule has 5 heteroatoms. The number of nitrogens with one attached hydrogen (secondary N) is 1. The van der Waals surface area contributed by atoms with Gasteiger partial charge in [-0.25, -0.2) is 9.37 Å². The lowest BCUT2D eigenvalue weighted by Gasteiger charge is -2.08. The van der Waals surface area contributed by atoms with E-state index in [1.165, 1.54) is 6.07 Å². The van der Waals surface area contributed by atoms with Crippen molar-refractivity contribution in [3.8, 4) is 11.8 Å². The Morgan fingerprint density at radius 2 is 2.10 bits per heavy atom. The van der Waals surface area contributed by atoms with E-state index in [1.54, 1.807) is 25.3 Å². The SMILES string of the molecule is CCNCc1cnc(Oc2ccc(C)c(F)c2)nc1C. The molecule has 2 rings (SSSR count). The number of aromatic nitrogens is 2. The molecule has 0 unspecified atom stereocenters. The standard InChI is InChI=1S/C15H18FN3O/c1-4-17-8-12-9-18-15(19-11(12)3)20-13-6-5-10(2)14(16)7-13/h5-7,9,17H,4,8H2,1-3H3. The average molecular weight is 275 g/mol. The van der Waals surface area contributed by atoms with Gasteiger partial charge in [0.1, 0.15) is 11.6 Å².